The molecule has 6 heteroatoms. The van der Waals surface area contributed by atoms with Crippen molar-refractivity contribution in [1.29, 1.82) is 0 Å². The third-order valence-corrected chi connectivity index (χ3v) is 5.86. The van der Waals surface area contributed by atoms with Gasteiger partial charge in [0, 0.05) is 12.3 Å². The highest BCUT2D eigenvalue weighted by Crippen LogP contribution is 2.44. The van der Waals surface area contributed by atoms with Crippen molar-refractivity contribution in [1.82, 2.24) is 5.32 Å². The molecule has 0 fully saturated rings. The summed E-state index contributed by atoms with van der Waals surface area (Å²) in [5.74, 6) is -0.843. The van der Waals surface area contributed by atoms with E-state index in [1.54, 1.807) is 24.3 Å². The smallest absolute Gasteiger partial charge is 0.408 e. The van der Waals surface area contributed by atoms with Gasteiger partial charge in [0.05, 0.1) is 13.5 Å². The molecule has 6 nitrogen and oxygen atoms in total. The molecule has 1 amide bonds. The molecule has 0 radical (unpaired) electrons. The van der Waals surface area contributed by atoms with Crippen molar-refractivity contribution in [2.45, 2.75) is 24.8 Å². The summed E-state index contributed by atoms with van der Waals surface area (Å²) in [6, 6.07) is 24.2. The van der Waals surface area contributed by atoms with Gasteiger partial charge in [0.15, 0.2) is 5.78 Å². The molecule has 1 N–H and O–H groups in total. The normalized spacial score (nSPS) is 12.9. The zero-order valence-electron chi connectivity index (χ0n) is 18.3. The van der Waals surface area contributed by atoms with Crippen LogP contribution in [0.25, 0.3) is 11.1 Å². The summed E-state index contributed by atoms with van der Waals surface area (Å²) >= 11 is 0. The molecule has 3 aromatic carbocycles. The Morgan fingerprint density at radius 2 is 1.39 bits per heavy atom. The average Bonchev–Trinajstić information content (AvgIpc) is 3.18. The first-order chi connectivity index (χ1) is 16.1. The second-order valence-corrected chi connectivity index (χ2v) is 7.86. The minimum absolute atomic E-state index is 0.0457. The number of methoxy groups -OCH3 is 1. The molecule has 33 heavy (non-hydrogen) atoms. The number of rotatable bonds is 8. The van der Waals surface area contributed by atoms with Crippen LogP contribution >= 0.6 is 0 Å². The highest BCUT2D eigenvalue weighted by Gasteiger charge is 2.30. The maximum atomic E-state index is 12.8. The Balaban J connectivity index is 1.46. The lowest BCUT2D eigenvalue weighted by molar-refractivity contribution is -0.142. The van der Waals surface area contributed by atoms with E-state index < -0.39 is 18.1 Å². The molecule has 0 aromatic heterocycles. The van der Waals surface area contributed by atoms with Gasteiger partial charge in [-0.05, 0) is 27.8 Å². The molecule has 4 rings (SSSR count). The van der Waals surface area contributed by atoms with E-state index in [1.807, 2.05) is 42.5 Å². The third-order valence-electron chi connectivity index (χ3n) is 5.86. The van der Waals surface area contributed by atoms with Gasteiger partial charge >= 0.3 is 12.1 Å². The standard InChI is InChI=1S/C27H25NO5/c1-32-25(30)16-15-24(29)26(18-9-3-2-4-10-18)28-27(31)33-17-23-21-13-7-5-11-19(21)20-12-6-8-14-22(20)23/h2-14,23,26H,15-17H2,1H3,(H,28,31). The predicted molar refractivity (Wildman–Crippen MR) is 124 cm³/mol. The van der Waals surface area contributed by atoms with Crippen molar-refractivity contribution >= 4 is 17.8 Å². The van der Waals surface area contributed by atoms with Crippen LogP contribution in [0.5, 0.6) is 0 Å². The summed E-state index contributed by atoms with van der Waals surface area (Å²) in [6.45, 7) is 0.151. The van der Waals surface area contributed by atoms with Gasteiger partial charge in [0.2, 0.25) is 0 Å². The topological polar surface area (TPSA) is 81.7 Å². The monoisotopic (exact) mass is 443 g/mol. The average molecular weight is 443 g/mol. The fourth-order valence-corrected chi connectivity index (χ4v) is 4.22. The zero-order chi connectivity index (χ0) is 23.2. The fraction of sp³-hybridized carbons (Fsp3) is 0.222. The molecule has 0 heterocycles. The maximum absolute atomic E-state index is 12.8. The van der Waals surface area contributed by atoms with Crippen LogP contribution in [0.15, 0.2) is 78.9 Å². The number of alkyl carbamates (subject to hydrolysis) is 1. The van der Waals surface area contributed by atoms with Crippen molar-refractivity contribution in [3.05, 3.63) is 95.6 Å². The number of hydrogen-bond acceptors (Lipinski definition) is 5. The summed E-state index contributed by atoms with van der Waals surface area (Å²) in [5, 5.41) is 2.68. The van der Waals surface area contributed by atoms with Crippen LogP contribution in [0, 0.1) is 0 Å². The Morgan fingerprint density at radius 1 is 0.818 bits per heavy atom. The lowest BCUT2D eigenvalue weighted by Gasteiger charge is -2.19. The number of ether oxygens (including phenoxy) is 2. The van der Waals surface area contributed by atoms with E-state index in [-0.39, 0.29) is 31.1 Å². The molecule has 0 saturated carbocycles. The summed E-state index contributed by atoms with van der Waals surface area (Å²) < 4.78 is 10.2. The van der Waals surface area contributed by atoms with E-state index in [0.717, 1.165) is 22.3 Å². The van der Waals surface area contributed by atoms with E-state index in [4.69, 9.17) is 4.74 Å². The van der Waals surface area contributed by atoms with E-state index in [9.17, 15) is 14.4 Å². The van der Waals surface area contributed by atoms with E-state index in [2.05, 4.69) is 22.2 Å². The summed E-state index contributed by atoms with van der Waals surface area (Å²) in [6.07, 6.45) is -0.780. The molecule has 0 aliphatic heterocycles. The van der Waals surface area contributed by atoms with Gasteiger partial charge in [0.1, 0.15) is 12.6 Å². The number of fused-ring (bicyclic) bond motifs is 3. The van der Waals surface area contributed by atoms with Crippen LogP contribution < -0.4 is 5.32 Å². The maximum Gasteiger partial charge on any atom is 0.408 e. The van der Waals surface area contributed by atoms with Crippen LogP contribution in [0.1, 0.15) is 41.5 Å². The Labute approximate surface area is 192 Å². The number of benzene rings is 3. The van der Waals surface area contributed by atoms with Crippen LogP contribution in [-0.2, 0) is 19.1 Å². The highest BCUT2D eigenvalue weighted by molar-refractivity contribution is 5.90. The van der Waals surface area contributed by atoms with Gasteiger partial charge in [-0.15, -0.1) is 0 Å². The van der Waals surface area contributed by atoms with Gasteiger partial charge in [0.25, 0.3) is 0 Å². The quantitative estimate of drug-likeness (QED) is 0.506. The molecule has 0 spiro atoms. The SMILES string of the molecule is COC(=O)CCC(=O)C(NC(=O)OCC1c2ccccc2-c2ccccc21)c1ccccc1. The van der Waals surface area contributed by atoms with Gasteiger partial charge in [-0.2, -0.15) is 0 Å². The Morgan fingerprint density at radius 3 is 2.00 bits per heavy atom. The van der Waals surface area contributed by atoms with Gasteiger partial charge < -0.3 is 14.8 Å². The number of nitrogens with one attached hydrogen (secondary N) is 1. The minimum Gasteiger partial charge on any atom is -0.469 e. The van der Waals surface area contributed by atoms with E-state index in [1.165, 1.54) is 7.11 Å². The molecule has 0 bridgehead atoms. The summed E-state index contributed by atoms with van der Waals surface area (Å²) in [4.78, 5) is 37.0. The number of carbonyl (C=O) groups is 3. The van der Waals surface area contributed by atoms with Crippen molar-refractivity contribution in [3.8, 4) is 11.1 Å². The number of hydrogen-bond donors (Lipinski definition) is 1. The Hall–Kier alpha value is -3.93. The summed E-state index contributed by atoms with van der Waals surface area (Å²) in [5.41, 5.74) is 5.13. The molecule has 0 saturated heterocycles. The first-order valence-electron chi connectivity index (χ1n) is 10.8. The molecule has 1 unspecified atom stereocenters. The molecule has 168 valence electrons. The highest BCUT2D eigenvalue weighted by atomic mass is 16.5. The van der Waals surface area contributed by atoms with Crippen molar-refractivity contribution < 1.29 is 23.9 Å². The predicted octanol–water partition coefficient (Wildman–Crippen LogP) is 4.79. The number of carbonyl (C=O) groups excluding carboxylic acids is 3. The number of ketones is 1. The third kappa shape index (κ3) is 4.95. The molecular formula is C27H25NO5. The van der Waals surface area contributed by atoms with Crippen molar-refractivity contribution in [3.63, 3.8) is 0 Å². The largest absolute Gasteiger partial charge is 0.469 e. The lowest BCUT2D eigenvalue weighted by Crippen LogP contribution is -2.35. The molecule has 3 aromatic rings. The van der Waals surface area contributed by atoms with Crippen LogP contribution in [-0.4, -0.2) is 31.6 Å². The number of Topliss-reactive ketones (excluding diaryl/α,β-unsaturated/α-hetero) is 1. The van der Waals surface area contributed by atoms with Gasteiger partial charge in [-0.3, -0.25) is 9.59 Å². The van der Waals surface area contributed by atoms with Crippen molar-refractivity contribution in [2.75, 3.05) is 13.7 Å². The molecule has 1 atom stereocenters. The molecule has 1 aliphatic rings. The first kappa shape index (κ1) is 22.3. The van der Waals surface area contributed by atoms with Crippen LogP contribution in [0.2, 0.25) is 0 Å². The number of amides is 1. The minimum atomic E-state index is -0.911. The van der Waals surface area contributed by atoms with Crippen LogP contribution in [0.4, 0.5) is 4.79 Å². The Bertz CT molecular complexity index is 1110. The van der Waals surface area contributed by atoms with E-state index in [0.29, 0.717) is 5.56 Å². The van der Waals surface area contributed by atoms with Gasteiger partial charge in [-0.1, -0.05) is 78.9 Å². The second kappa shape index (κ2) is 10.1. The zero-order valence-corrected chi connectivity index (χ0v) is 18.3. The van der Waals surface area contributed by atoms with Crippen molar-refractivity contribution in [2.24, 2.45) is 0 Å². The summed E-state index contributed by atoms with van der Waals surface area (Å²) in [7, 11) is 1.27. The van der Waals surface area contributed by atoms with E-state index >= 15 is 0 Å². The lowest BCUT2D eigenvalue weighted by atomic mass is 9.98. The van der Waals surface area contributed by atoms with Gasteiger partial charge in [-0.25, -0.2) is 4.79 Å². The Kier molecular flexibility index (Phi) is 6.83. The molecule has 1 aliphatic carbocycles. The molecular weight excluding hydrogens is 418 g/mol. The van der Waals surface area contributed by atoms with Crippen LogP contribution in [0.3, 0.4) is 0 Å². The second-order valence-electron chi connectivity index (χ2n) is 7.86. The number of esters is 1. The fourth-order valence-electron chi connectivity index (χ4n) is 4.22. The first-order valence-corrected chi connectivity index (χ1v) is 10.8.